The summed E-state index contributed by atoms with van der Waals surface area (Å²) < 4.78 is 10.8. The maximum Gasteiger partial charge on any atom is 0.118 e. The van der Waals surface area contributed by atoms with Crippen LogP contribution in [0.1, 0.15) is 38.5 Å². The fourth-order valence-corrected chi connectivity index (χ4v) is 2.14. The van der Waals surface area contributed by atoms with Crippen LogP contribution in [0.25, 0.3) is 0 Å². The largest absolute Gasteiger partial charge is 0.468 e. The Balaban J connectivity index is 2.46. The van der Waals surface area contributed by atoms with Crippen molar-refractivity contribution < 1.29 is 9.15 Å². The molecular weight excluding hydrogens is 240 g/mol. The third kappa shape index (κ3) is 5.76. The van der Waals surface area contributed by atoms with Crippen molar-refractivity contribution in [1.29, 1.82) is 0 Å². The van der Waals surface area contributed by atoms with E-state index in [2.05, 4.69) is 37.1 Å². The van der Waals surface area contributed by atoms with Crippen LogP contribution in [0, 0.1) is 0 Å². The van der Waals surface area contributed by atoms with E-state index < -0.39 is 0 Å². The van der Waals surface area contributed by atoms with Gasteiger partial charge in [0.05, 0.1) is 19.4 Å². The van der Waals surface area contributed by atoms with Gasteiger partial charge in [-0.05, 0) is 32.5 Å². The second kappa shape index (κ2) is 9.13. The van der Waals surface area contributed by atoms with E-state index in [1.54, 1.807) is 7.11 Å². The molecule has 0 amide bonds. The molecule has 0 radical (unpaired) electrons. The molecule has 1 aromatic rings. The fraction of sp³-hybridized carbons (Fsp3) is 0.733. The van der Waals surface area contributed by atoms with Gasteiger partial charge in [-0.1, -0.05) is 13.8 Å². The lowest BCUT2D eigenvalue weighted by Gasteiger charge is -2.26. The van der Waals surface area contributed by atoms with Gasteiger partial charge in [-0.2, -0.15) is 0 Å². The van der Waals surface area contributed by atoms with Crippen molar-refractivity contribution in [3.8, 4) is 0 Å². The number of nitrogens with one attached hydrogen (secondary N) is 1. The molecule has 1 rings (SSSR count). The standard InChI is InChI=1S/C15H28N2O2/c1-5-7-16-9-14-8-15(19-12-14)10-17(6-2)13(3)11-18-4/h8,12-13,16H,5-7,9-11H2,1-4H3. The van der Waals surface area contributed by atoms with Gasteiger partial charge in [-0.3, -0.25) is 4.90 Å². The Morgan fingerprint density at radius 2 is 2.21 bits per heavy atom. The second-order valence-corrected chi connectivity index (χ2v) is 4.97. The first-order chi connectivity index (χ1) is 9.21. The molecule has 4 nitrogen and oxygen atoms in total. The molecule has 0 bridgehead atoms. The molecule has 1 aromatic heterocycles. The van der Waals surface area contributed by atoms with Gasteiger partial charge in [0.15, 0.2) is 0 Å². The molecule has 1 N–H and O–H groups in total. The zero-order chi connectivity index (χ0) is 14.1. The summed E-state index contributed by atoms with van der Waals surface area (Å²) in [4.78, 5) is 2.35. The average molecular weight is 268 g/mol. The molecule has 1 atom stereocenters. The van der Waals surface area contributed by atoms with Crippen molar-refractivity contribution in [2.75, 3.05) is 26.8 Å². The minimum Gasteiger partial charge on any atom is -0.468 e. The topological polar surface area (TPSA) is 37.6 Å². The van der Waals surface area contributed by atoms with Gasteiger partial charge in [-0.25, -0.2) is 0 Å². The first kappa shape index (κ1) is 16.2. The van der Waals surface area contributed by atoms with Gasteiger partial charge in [-0.15, -0.1) is 0 Å². The van der Waals surface area contributed by atoms with E-state index in [1.807, 2.05) is 6.26 Å². The monoisotopic (exact) mass is 268 g/mol. The predicted molar refractivity (Wildman–Crippen MR) is 78.1 cm³/mol. The molecule has 4 heteroatoms. The van der Waals surface area contributed by atoms with Gasteiger partial charge in [0, 0.05) is 25.3 Å². The third-order valence-corrected chi connectivity index (χ3v) is 3.26. The van der Waals surface area contributed by atoms with Gasteiger partial charge in [0.2, 0.25) is 0 Å². The number of hydrogen-bond donors (Lipinski definition) is 1. The molecule has 0 saturated heterocycles. The molecule has 0 aliphatic rings. The lowest BCUT2D eigenvalue weighted by molar-refractivity contribution is 0.0936. The summed E-state index contributed by atoms with van der Waals surface area (Å²) in [5.41, 5.74) is 1.22. The van der Waals surface area contributed by atoms with Crippen LogP contribution in [0.5, 0.6) is 0 Å². The van der Waals surface area contributed by atoms with Gasteiger partial charge in [0.25, 0.3) is 0 Å². The number of hydrogen-bond acceptors (Lipinski definition) is 4. The highest BCUT2D eigenvalue weighted by molar-refractivity contribution is 5.12. The van der Waals surface area contributed by atoms with Crippen LogP contribution in [-0.4, -0.2) is 37.7 Å². The van der Waals surface area contributed by atoms with Gasteiger partial charge < -0.3 is 14.5 Å². The van der Waals surface area contributed by atoms with Crippen molar-refractivity contribution >= 4 is 0 Å². The molecule has 0 aliphatic carbocycles. The van der Waals surface area contributed by atoms with Crippen LogP contribution in [0.3, 0.4) is 0 Å². The third-order valence-electron chi connectivity index (χ3n) is 3.26. The lowest BCUT2D eigenvalue weighted by Crippen LogP contribution is -2.35. The Morgan fingerprint density at radius 1 is 1.42 bits per heavy atom. The molecule has 1 unspecified atom stereocenters. The van der Waals surface area contributed by atoms with Crippen molar-refractivity contribution in [3.05, 3.63) is 23.7 Å². The van der Waals surface area contributed by atoms with Crippen molar-refractivity contribution in [3.63, 3.8) is 0 Å². The first-order valence-electron chi connectivity index (χ1n) is 7.21. The predicted octanol–water partition coefficient (Wildman–Crippen LogP) is 2.64. The highest BCUT2D eigenvalue weighted by Gasteiger charge is 2.14. The molecular formula is C15H28N2O2. The van der Waals surface area contributed by atoms with E-state index in [4.69, 9.17) is 9.15 Å². The van der Waals surface area contributed by atoms with Crippen LogP contribution in [0.4, 0.5) is 0 Å². The highest BCUT2D eigenvalue weighted by atomic mass is 16.5. The molecule has 19 heavy (non-hydrogen) atoms. The van der Waals surface area contributed by atoms with Crippen LogP contribution in [-0.2, 0) is 17.8 Å². The molecule has 0 fully saturated rings. The van der Waals surface area contributed by atoms with E-state index in [9.17, 15) is 0 Å². The highest BCUT2D eigenvalue weighted by Crippen LogP contribution is 2.12. The summed E-state index contributed by atoms with van der Waals surface area (Å²) >= 11 is 0. The van der Waals surface area contributed by atoms with E-state index in [-0.39, 0.29) is 0 Å². The van der Waals surface area contributed by atoms with Gasteiger partial charge >= 0.3 is 0 Å². The van der Waals surface area contributed by atoms with E-state index in [0.717, 1.165) is 45.0 Å². The SMILES string of the molecule is CCCNCc1coc(CN(CC)C(C)COC)c1. The van der Waals surface area contributed by atoms with Crippen LogP contribution >= 0.6 is 0 Å². The minimum atomic E-state index is 0.404. The molecule has 0 saturated carbocycles. The maximum absolute atomic E-state index is 5.63. The molecule has 0 aliphatic heterocycles. The summed E-state index contributed by atoms with van der Waals surface area (Å²) in [6, 6.07) is 2.55. The molecule has 1 heterocycles. The van der Waals surface area contributed by atoms with E-state index >= 15 is 0 Å². The Morgan fingerprint density at radius 3 is 2.84 bits per heavy atom. The Kier molecular flexibility index (Phi) is 7.79. The second-order valence-electron chi connectivity index (χ2n) is 4.97. The zero-order valence-electron chi connectivity index (χ0n) is 12.7. The number of methoxy groups -OCH3 is 1. The van der Waals surface area contributed by atoms with Crippen LogP contribution in [0.15, 0.2) is 16.7 Å². The minimum absolute atomic E-state index is 0.404. The molecule has 0 spiro atoms. The number of likely N-dealkylation sites (N-methyl/N-ethyl adjacent to an activating group) is 1. The number of rotatable bonds is 10. The summed E-state index contributed by atoms with van der Waals surface area (Å²) in [7, 11) is 1.74. The van der Waals surface area contributed by atoms with Crippen molar-refractivity contribution in [2.45, 2.75) is 46.3 Å². The first-order valence-corrected chi connectivity index (χ1v) is 7.21. The maximum atomic E-state index is 5.63. The zero-order valence-corrected chi connectivity index (χ0v) is 12.7. The quantitative estimate of drug-likeness (QED) is 0.662. The number of nitrogens with zero attached hydrogens (tertiary/aromatic N) is 1. The van der Waals surface area contributed by atoms with Crippen LogP contribution < -0.4 is 5.32 Å². The summed E-state index contributed by atoms with van der Waals surface area (Å²) in [5.74, 6) is 1.03. The Hall–Kier alpha value is -0.840. The Bertz CT molecular complexity index is 339. The fourth-order valence-electron chi connectivity index (χ4n) is 2.14. The number of ether oxygens (including phenoxy) is 1. The van der Waals surface area contributed by atoms with Gasteiger partial charge in [0.1, 0.15) is 5.76 Å². The van der Waals surface area contributed by atoms with E-state index in [0.29, 0.717) is 6.04 Å². The van der Waals surface area contributed by atoms with E-state index in [1.165, 1.54) is 5.56 Å². The summed E-state index contributed by atoms with van der Waals surface area (Å²) in [5, 5.41) is 3.38. The average Bonchev–Trinajstić information content (AvgIpc) is 2.84. The lowest BCUT2D eigenvalue weighted by atomic mass is 10.2. The number of furan rings is 1. The summed E-state index contributed by atoms with van der Waals surface area (Å²) in [6.45, 7) is 11.0. The summed E-state index contributed by atoms with van der Waals surface area (Å²) in [6.07, 6.45) is 3.01. The molecule has 0 aromatic carbocycles. The molecule has 110 valence electrons. The smallest absolute Gasteiger partial charge is 0.118 e. The van der Waals surface area contributed by atoms with Crippen LogP contribution in [0.2, 0.25) is 0 Å². The Labute approximate surface area is 117 Å². The van der Waals surface area contributed by atoms with Crippen molar-refractivity contribution in [2.24, 2.45) is 0 Å². The normalized spacial score (nSPS) is 13.1. The van der Waals surface area contributed by atoms with Crippen molar-refractivity contribution in [1.82, 2.24) is 10.2 Å².